The van der Waals surface area contributed by atoms with Gasteiger partial charge in [0.2, 0.25) is 0 Å². The van der Waals surface area contributed by atoms with E-state index in [9.17, 15) is 5.11 Å². The zero-order valence-electron chi connectivity index (χ0n) is 10.0. The minimum Gasteiger partial charge on any atom is -0.388 e. The first-order valence-corrected chi connectivity index (χ1v) is 7.92. The van der Waals surface area contributed by atoms with Crippen molar-refractivity contribution in [1.29, 1.82) is 0 Å². The maximum Gasteiger partial charge on any atom is 0.0838 e. The average molecular weight is 323 g/mol. The van der Waals surface area contributed by atoms with Crippen molar-refractivity contribution in [1.82, 2.24) is 0 Å². The smallest absolute Gasteiger partial charge is 0.0838 e. The third-order valence-electron chi connectivity index (χ3n) is 3.52. The van der Waals surface area contributed by atoms with E-state index in [1.54, 1.807) is 11.3 Å². The number of hydrogen-bond acceptors (Lipinski definition) is 2. The standard InChI is InChI=1S/C15H15BrOS/c16-13-7-14(18-9-13)8-15(17)12-5-4-10-2-1-3-11(10)6-12/h4-7,9,15,17H,1-3,8H2. The molecule has 0 bridgehead atoms. The monoisotopic (exact) mass is 322 g/mol. The van der Waals surface area contributed by atoms with Gasteiger partial charge >= 0.3 is 0 Å². The van der Waals surface area contributed by atoms with E-state index in [1.165, 1.54) is 35.3 Å². The predicted octanol–water partition coefficient (Wildman–Crippen LogP) is 4.28. The molecule has 1 unspecified atom stereocenters. The first-order chi connectivity index (χ1) is 8.72. The zero-order chi connectivity index (χ0) is 12.5. The molecule has 1 nitrogen and oxygen atoms in total. The van der Waals surface area contributed by atoms with Crippen molar-refractivity contribution in [3.8, 4) is 0 Å². The summed E-state index contributed by atoms with van der Waals surface area (Å²) in [5.74, 6) is 0. The summed E-state index contributed by atoms with van der Waals surface area (Å²) in [4.78, 5) is 1.22. The molecule has 1 N–H and O–H groups in total. The Morgan fingerprint density at radius 1 is 1.22 bits per heavy atom. The van der Waals surface area contributed by atoms with E-state index < -0.39 is 0 Å². The normalized spacial score (nSPS) is 15.7. The Labute approximate surface area is 120 Å². The van der Waals surface area contributed by atoms with Crippen molar-refractivity contribution in [2.45, 2.75) is 31.8 Å². The van der Waals surface area contributed by atoms with Gasteiger partial charge in [-0.05, 0) is 57.9 Å². The maximum absolute atomic E-state index is 10.3. The van der Waals surface area contributed by atoms with Crippen LogP contribution < -0.4 is 0 Å². The van der Waals surface area contributed by atoms with Crippen LogP contribution in [0.5, 0.6) is 0 Å². The number of halogens is 1. The number of rotatable bonds is 3. The lowest BCUT2D eigenvalue weighted by Gasteiger charge is -2.11. The quantitative estimate of drug-likeness (QED) is 0.894. The van der Waals surface area contributed by atoms with Crippen LogP contribution in [-0.2, 0) is 19.3 Å². The number of aliphatic hydroxyl groups excluding tert-OH is 1. The van der Waals surface area contributed by atoms with Gasteiger partial charge in [0.05, 0.1) is 6.10 Å². The van der Waals surface area contributed by atoms with E-state index in [-0.39, 0.29) is 6.10 Å². The molecule has 1 heterocycles. The molecule has 0 saturated heterocycles. The highest BCUT2D eigenvalue weighted by atomic mass is 79.9. The van der Waals surface area contributed by atoms with Crippen LogP contribution in [0.3, 0.4) is 0 Å². The van der Waals surface area contributed by atoms with Crippen LogP contribution in [0.15, 0.2) is 34.1 Å². The van der Waals surface area contributed by atoms with Crippen LogP contribution in [0.4, 0.5) is 0 Å². The number of hydrogen-bond donors (Lipinski definition) is 1. The molecular formula is C15H15BrOS. The highest BCUT2D eigenvalue weighted by molar-refractivity contribution is 9.10. The summed E-state index contributed by atoms with van der Waals surface area (Å²) in [6.07, 6.45) is 3.94. The summed E-state index contributed by atoms with van der Waals surface area (Å²) < 4.78 is 1.10. The van der Waals surface area contributed by atoms with E-state index in [0.717, 1.165) is 10.0 Å². The molecule has 18 heavy (non-hydrogen) atoms. The van der Waals surface area contributed by atoms with Gasteiger partial charge in [0, 0.05) is 21.2 Å². The maximum atomic E-state index is 10.3. The lowest BCUT2D eigenvalue weighted by atomic mass is 10.0. The van der Waals surface area contributed by atoms with E-state index in [2.05, 4.69) is 45.6 Å². The molecule has 1 aromatic heterocycles. The molecule has 0 radical (unpaired) electrons. The molecule has 1 aromatic carbocycles. The highest BCUT2D eigenvalue weighted by Crippen LogP contribution is 2.29. The van der Waals surface area contributed by atoms with Crippen molar-refractivity contribution in [2.24, 2.45) is 0 Å². The zero-order valence-corrected chi connectivity index (χ0v) is 12.4. The Morgan fingerprint density at radius 3 is 2.83 bits per heavy atom. The van der Waals surface area contributed by atoms with Gasteiger partial charge in [-0.15, -0.1) is 11.3 Å². The molecule has 0 fully saturated rings. The van der Waals surface area contributed by atoms with Gasteiger partial charge in [0.25, 0.3) is 0 Å². The fraction of sp³-hybridized carbons (Fsp3) is 0.333. The van der Waals surface area contributed by atoms with Crippen molar-refractivity contribution in [3.63, 3.8) is 0 Å². The summed E-state index contributed by atoms with van der Waals surface area (Å²) in [6, 6.07) is 8.54. The van der Waals surface area contributed by atoms with E-state index >= 15 is 0 Å². The fourth-order valence-electron chi connectivity index (χ4n) is 2.57. The van der Waals surface area contributed by atoms with Crippen LogP contribution in [0, 0.1) is 0 Å². The summed E-state index contributed by atoms with van der Waals surface area (Å²) in [6.45, 7) is 0. The Kier molecular flexibility index (Phi) is 3.55. The topological polar surface area (TPSA) is 20.2 Å². The largest absolute Gasteiger partial charge is 0.388 e. The van der Waals surface area contributed by atoms with Crippen LogP contribution in [-0.4, -0.2) is 5.11 Å². The molecule has 1 aliphatic carbocycles. The number of fused-ring (bicyclic) bond motifs is 1. The predicted molar refractivity (Wildman–Crippen MR) is 79.1 cm³/mol. The Balaban J connectivity index is 1.78. The molecule has 1 aliphatic rings. The first-order valence-electron chi connectivity index (χ1n) is 6.25. The van der Waals surface area contributed by atoms with Crippen LogP contribution in [0.25, 0.3) is 0 Å². The van der Waals surface area contributed by atoms with Crippen LogP contribution >= 0.6 is 27.3 Å². The van der Waals surface area contributed by atoms with E-state index in [4.69, 9.17) is 0 Å². The van der Waals surface area contributed by atoms with Crippen LogP contribution in [0.1, 0.15) is 34.1 Å². The van der Waals surface area contributed by atoms with Gasteiger partial charge in [-0.25, -0.2) is 0 Å². The third-order valence-corrected chi connectivity index (χ3v) is 5.24. The number of aryl methyl sites for hydroxylation is 2. The molecule has 1 atom stereocenters. The van der Waals surface area contributed by atoms with Gasteiger partial charge < -0.3 is 5.11 Å². The Bertz CT molecular complexity index is 561. The summed E-state index contributed by atoms with van der Waals surface area (Å²) in [7, 11) is 0. The molecule has 94 valence electrons. The van der Waals surface area contributed by atoms with Crippen molar-refractivity contribution in [3.05, 3.63) is 55.7 Å². The first kappa shape index (κ1) is 12.4. The highest BCUT2D eigenvalue weighted by Gasteiger charge is 2.15. The molecule has 2 aromatic rings. The van der Waals surface area contributed by atoms with Gasteiger partial charge in [-0.3, -0.25) is 0 Å². The van der Waals surface area contributed by atoms with Gasteiger partial charge in [0.15, 0.2) is 0 Å². The van der Waals surface area contributed by atoms with E-state index in [0.29, 0.717) is 6.42 Å². The second kappa shape index (κ2) is 5.16. The minimum absolute atomic E-state index is 0.388. The molecule has 0 saturated carbocycles. The molecule has 3 heteroatoms. The van der Waals surface area contributed by atoms with E-state index in [1.807, 2.05) is 0 Å². The lowest BCUT2D eigenvalue weighted by molar-refractivity contribution is 0.179. The van der Waals surface area contributed by atoms with Crippen LogP contribution in [0.2, 0.25) is 0 Å². The number of benzene rings is 1. The molecule has 0 spiro atoms. The molecule has 3 rings (SSSR count). The lowest BCUT2D eigenvalue weighted by Crippen LogP contribution is -2.01. The molecular weight excluding hydrogens is 308 g/mol. The number of aliphatic hydroxyl groups is 1. The third kappa shape index (κ3) is 2.53. The summed E-state index contributed by atoms with van der Waals surface area (Å²) in [5, 5.41) is 12.4. The average Bonchev–Trinajstić information content (AvgIpc) is 2.96. The van der Waals surface area contributed by atoms with Gasteiger partial charge in [-0.2, -0.15) is 0 Å². The van der Waals surface area contributed by atoms with Crippen molar-refractivity contribution < 1.29 is 5.11 Å². The van der Waals surface area contributed by atoms with Crippen molar-refractivity contribution >= 4 is 27.3 Å². The second-order valence-electron chi connectivity index (χ2n) is 4.83. The van der Waals surface area contributed by atoms with Gasteiger partial charge in [-0.1, -0.05) is 18.2 Å². The number of thiophene rings is 1. The van der Waals surface area contributed by atoms with Crippen molar-refractivity contribution in [2.75, 3.05) is 0 Å². The summed E-state index contributed by atoms with van der Waals surface area (Å²) in [5.41, 5.74) is 3.95. The summed E-state index contributed by atoms with van der Waals surface area (Å²) >= 11 is 5.14. The Morgan fingerprint density at radius 2 is 2.06 bits per heavy atom. The molecule has 0 amide bonds. The van der Waals surface area contributed by atoms with Gasteiger partial charge in [0.1, 0.15) is 0 Å². The fourth-order valence-corrected chi connectivity index (χ4v) is 4.06. The SMILES string of the molecule is OC(Cc1cc(Br)cs1)c1ccc2c(c1)CCC2. The molecule has 0 aliphatic heterocycles. The Hall–Kier alpha value is -0.640. The second-order valence-corrected chi connectivity index (χ2v) is 6.74. The minimum atomic E-state index is -0.388.